The normalized spacial score (nSPS) is 11.7. The number of alkyl halides is 2. The maximum absolute atomic E-state index is 12.9. The van der Waals surface area contributed by atoms with Crippen molar-refractivity contribution in [3.8, 4) is 5.75 Å². The van der Waals surface area contributed by atoms with Crippen molar-refractivity contribution in [1.29, 1.82) is 0 Å². The highest BCUT2D eigenvalue weighted by atomic mass is 19.3. The first-order chi connectivity index (χ1) is 15.1. The highest BCUT2D eigenvalue weighted by molar-refractivity contribution is 6.03. The highest BCUT2D eigenvalue weighted by Crippen LogP contribution is 2.29. The molecule has 0 atom stereocenters. The zero-order valence-corrected chi connectivity index (χ0v) is 18.2. The molecule has 0 fully saturated rings. The minimum Gasteiger partial charge on any atom is -0.491 e. The lowest BCUT2D eigenvalue weighted by molar-refractivity contribution is 0.0727. The molecule has 0 saturated heterocycles. The third kappa shape index (κ3) is 5.67. The molecular formula is C23H26F2N4O3. The van der Waals surface area contributed by atoms with Crippen LogP contribution in [0.5, 0.6) is 5.75 Å². The molecule has 3 rings (SSSR count). The average Bonchev–Trinajstić information content (AvgIpc) is 3.14. The van der Waals surface area contributed by atoms with Crippen LogP contribution < -0.4 is 10.1 Å². The average molecular weight is 444 g/mol. The van der Waals surface area contributed by atoms with E-state index in [1.54, 1.807) is 43.6 Å². The molecule has 0 saturated carbocycles. The number of anilines is 1. The molecule has 2 N–H and O–H groups in total. The van der Waals surface area contributed by atoms with E-state index in [1.165, 1.54) is 12.1 Å². The zero-order valence-electron chi connectivity index (χ0n) is 18.2. The standard InChI is InChI=1S/C23H26F2N4O3/c1-5-32-19-11-20-27-17(14(2)9-10-23(3,4)31)12-29(20)13-18(19)28-22(30)16-8-6-7-15(26-16)21(24)25/h6-8,11-13,21,31H,2,5,9-10H2,1,3-4H3,(H,28,30). The number of carbonyl (C=O) groups excluding carboxylic acids is 1. The number of aliphatic hydroxyl groups is 1. The summed E-state index contributed by atoms with van der Waals surface area (Å²) in [7, 11) is 0. The first kappa shape index (κ1) is 23.3. The first-order valence-corrected chi connectivity index (χ1v) is 10.2. The van der Waals surface area contributed by atoms with Gasteiger partial charge in [0.2, 0.25) is 0 Å². The number of imidazole rings is 1. The number of hydrogen-bond donors (Lipinski definition) is 2. The van der Waals surface area contributed by atoms with Gasteiger partial charge in [0.25, 0.3) is 12.3 Å². The quantitative estimate of drug-likeness (QED) is 0.491. The van der Waals surface area contributed by atoms with E-state index in [0.717, 1.165) is 11.6 Å². The lowest BCUT2D eigenvalue weighted by Crippen LogP contribution is -2.17. The van der Waals surface area contributed by atoms with Crippen LogP contribution in [-0.2, 0) is 0 Å². The van der Waals surface area contributed by atoms with E-state index in [2.05, 4.69) is 21.9 Å². The van der Waals surface area contributed by atoms with E-state index in [0.29, 0.717) is 42.2 Å². The fourth-order valence-electron chi connectivity index (χ4n) is 3.03. The number of hydrogen-bond acceptors (Lipinski definition) is 5. The molecule has 1 amide bonds. The Bertz CT molecular complexity index is 1140. The number of fused-ring (bicyclic) bond motifs is 1. The van der Waals surface area contributed by atoms with Gasteiger partial charge in [0.1, 0.15) is 28.5 Å². The predicted octanol–water partition coefficient (Wildman–Crippen LogP) is 4.88. The number of nitrogens with one attached hydrogen (secondary N) is 1. The maximum Gasteiger partial charge on any atom is 0.280 e. The summed E-state index contributed by atoms with van der Waals surface area (Å²) in [5.74, 6) is -0.250. The van der Waals surface area contributed by atoms with Gasteiger partial charge in [-0.15, -0.1) is 0 Å². The van der Waals surface area contributed by atoms with Crippen LogP contribution >= 0.6 is 0 Å². The van der Waals surface area contributed by atoms with Crippen LogP contribution in [0, 0.1) is 0 Å². The van der Waals surface area contributed by atoms with Crippen molar-refractivity contribution in [2.45, 2.75) is 45.6 Å². The van der Waals surface area contributed by atoms with Crippen molar-refractivity contribution in [3.63, 3.8) is 0 Å². The van der Waals surface area contributed by atoms with E-state index in [4.69, 9.17) is 4.74 Å². The van der Waals surface area contributed by atoms with Crippen LogP contribution in [0.3, 0.4) is 0 Å². The van der Waals surface area contributed by atoms with Gasteiger partial charge in [0.15, 0.2) is 0 Å². The van der Waals surface area contributed by atoms with Crippen molar-refractivity contribution in [2.24, 2.45) is 0 Å². The zero-order chi connectivity index (χ0) is 23.5. The van der Waals surface area contributed by atoms with Gasteiger partial charge in [-0.3, -0.25) is 4.79 Å². The second-order valence-electron chi connectivity index (χ2n) is 7.99. The van der Waals surface area contributed by atoms with Crippen molar-refractivity contribution >= 4 is 22.8 Å². The summed E-state index contributed by atoms with van der Waals surface area (Å²) in [6, 6.07) is 5.56. The molecule has 3 aromatic heterocycles. The van der Waals surface area contributed by atoms with Crippen LogP contribution in [0.15, 0.2) is 43.2 Å². The number of halogens is 2. The minimum atomic E-state index is -2.77. The largest absolute Gasteiger partial charge is 0.491 e. The van der Waals surface area contributed by atoms with Gasteiger partial charge in [-0.2, -0.15) is 0 Å². The van der Waals surface area contributed by atoms with Gasteiger partial charge in [-0.05, 0) is 51.3 Å². The molecular weight excluding hydrogens is 418 g/mol. The summed E-state index contributed by atoms with van der Waals surface area (Å²) in [6.45, 7) is 9.68. The van der Waals surface area contributed by atoms with Gasteiger partial charge in [0, 0.05) is 18.5 Å². The summed E-state index contributed by atoms with van der Waals surface area (Å²) in [6.07, 6.45) is 1.74. The van der Waals surface area contributed by atoms with E-state index < -0.39 is 23.6 Å². The lowest BCUT2D eigenvalue weighted by atomic mass is 9.98. The molecule has 0 radical (unpaired) electrons. The SMILES string of the molecule is C=C(CCC(C)(C)O)c1cn2cc(NC(=O)c3cccc(C(F)F)n3)c(OCC)cc2n1. The van der Waals surface area contributed by atoms with E-state index in [9.17, 15) is 18.7 Å². The number of nitrogens with zero attached hydrogens (tertiary/aromatic N) is 3. The Balaban J connectivity index is 1.89. The summed E-state index contributed by atoms with van der Waals surface area (Å²) in [4.78, 5) is 20.9. The highest BCUT2D eigenvalue weighted by Gasteiger charge is 2.18. The van der Waals surface area contributed by atoms with E-state index in [1.807, 2.05) is 0 Å². The number of pyridine rings is 2. The van der Waals surface area contributed by atoms with Crippen molar-refractivity contribution in [2.75, 3.05) is 11.9 Å². The smallest absolute Gasteiger partial charge is 0.280 e. The molecule has 0 aliphatic heterocycles. The number of aromatic nitrogens is 3. The number of carbonyl (C=O) groups is 1. The molecule has 0 unspecified atom stereocenters. The van der Waals surface area contributed by atoms with Gasteiger partial charge in [-0.25, -0.2) is 18.7 Å². The van der Waals surface area contributed by atoms with Gasteiger partial charge >= 0.3 is 0 Å². The summed E-state index contributed by atoms with van der Waals surface area (Å²) in [5, 5.41) is 12.6. The molecule has 0 aliphatic rings. The molecule has 3 heterocycles. The molecule has 32 heavy (non-hydrogen) atoms. The maximum atomic E-state index is 12.9. The predicted molar refractivity (Wildman–Crippen MR) is 118 cm³/mol. The molecule has 170 valence electrons. The number of rotatable bonds is 9. The molecule has 3 aromatic rings. The Morgan fingerprint density at radius 1 is 1.28 bits per heavy atom. The minimum absolute atomic E-state index is 0.128. The van der Waals surface area contributed by atoms with E-state index in [-0.39, 0.29) is 5.69 Å². The fourth-order valence-corrected chi connectivity index (χ4v) is 3.03. The summed E-state index contributed by atoms with van der Waals surface area (Å²) in [5.41, 5.74) is 0.956. The van der Waals surface area contributed by atoms with Gasteiger partial charge in [-0.1, -0.05) is 12.6 Å². The third-order valence-electron chi connectivity index (χ3n) is 4.73. The second-order valence-corrected chi connectivity index (χ2v) is 7.99. The Hall–Kier alpha value is -3.33. The monoisotopic (exact) mass is 444 g/mol. The topological polar surface area (TPSA) is 88.8 Å². The van der Waals surface area contributed by atoms with Crippen LogP contribution in [0.2, 0.25) is 0 Å². The molecule has 9 heteroatoms. The van der Waals surface area contributed by atoms with Crippen LogP contribution in [-0.4, -0.2) is 37.6 Å². The van der Waals surface area contributed by atoms with Gasteiger partial charge < -0.3 is 19.6 Å². The Morgan fingerprint density at radius 2 is 2.03 bits per heavy atom. The van der Waals surface area contributed by atoms with Crippen LogP contribution in [0.25, 0.3) is 11.2 Å². The molecule has 0 aromatic carbocycles. The Kier molecular flexibility index (Phi) is 6.88. The molecule has 0 bridgehead atoms. The Labute approximate surface area is 184 Å². The summed E-state index contributed by atoms with van der Waals surface area (Å²) < 4.78 is 33.2. The van der Waals surface area contributed by atoms with E-state index >= 15 is 0 Å². The van der Waals surface area contributed by atoms with Crippen LogP contribution in [0.1, 0.15) is 61.9 Å². The number of amides is 1. The number of ether oxygens (including phenoxy) is 1. The number of allylic oxidation sites excluding steroid dienone is 1. The first-order valence-electron chi connectivity index (χ1n) is 10.2. The van der Waals surface area contributed by atoms with Gasteiger partial charge in [0.05, 0.1) is 17.9 Å². The fraction of sp³-hybridized carbons (Fsp3) is 0.348. The van der Waals surface area contributed by atoms with Crippen LogP contribution in [0.4, 0.5) is 14.5 Å². The molecule has 0 spiro atoms. The lowest BCUT2D eigenvalue weighted by Gasteiger charge is -2.16. The summed E-state index contributed by atoms with van der Waals surface area (Å²) >= 11 is 0. The van der Waals surface area contributed by atoms with Crippen molar-refractivity contribution in [3.05, 3.63) is 60.3 Å². The molecule has 0 aliphatic carbocycles. The third-order valence-corrected chi connectivity index (χ3v) is 4.73. The van der Waals surface area contributed by atoms with Crippen molar-refractivity contribution < 1.29 is 23.4 Å². The molecule has 7 nitrogen and oxygen atoms in total. The van der Waals surface area contributed by atoms with Crippen molar-refractivity contribution in [1.82, 2.24) is 14.4 Å². The Morgan fingerprint density at radius 3 is 2.69 bits per heavy atom. The second kappa shape index (κ2) is 9.44.